The summed E-state index contributed by atoms with van der Waals surface area (Å²) in [6, 6.07) is 4.20. The van der Waals surface area contributed by atoms with Gasteiger partial charge in [-0.3, -0.25) is 4.79 Å². The average Bonchev–Trinajstić information content (AvgIpc) is 2.77. The lowest BCUT2D eigenvalue weighted by Crippen LogP contribution is -2.57. The summed E-state index contributed by atoms with van der Waals surface area (Å²) >= 11 is 0. The van der Waals surface area contributed by atoms with E-state index in [0.717, 1.165) is 31.2 Å². The predicted octanol–water partition coefficient (Wildman–Crippen LogP) is 4.94. The first-order valence-electron chi connectivity index (χ1n) is 9.47. The summed E-state index contributed by atoms with van der Waals surface area (Å²) < 4.78 is 0. The van der Waals surface area contributed by atoms with Gasteiger partial charge >= 0.3 is 0 Å². The number of Topliss-reactive ketones (excluding diaryl/α,β-unsaturated/α-hetero) is 1. The molecule has 0 amide bonds. The Morgan fingerprint density at radius 2 is 1.79 bits per heavy atom. The molecule has 3 aliphatic carbocycles. The third-order valence-corrected chi connectivity index (χ3v) is 8.13. The van der Waals surface area contributed by atoms with E-state index >= 15 is 0 Å². The molecule has 0 unspecified atom stereocenters. The van der Waals surface area contributed by atoms with Gasteiger partial charge in [-0.2, -0.15) is 0 Å². The van der Waals surface area contributed by atoms with Crippen molar-refractivity contribution in [2.45, 2.75) is 72.1 Å². The Kier molecular flexibility index (Phi) is 3.13. The van der Waals surface area contributed by atoms with Crippen molar-refractivity contribution in [2.24, 2.45) is 22.7 Å². The number of rotatable bonds is 0. The summed E-state index contributed by atoms with van der Waals surface area (Å²) in [5.41, 5.74) is 3.72. The molecule has 0 aliphatic heterocycles. The summed E-state index contributed by atoms with van der Waals surface area (Å²) in [4.78, 5) is 12.6. The van der Waals surface area contributed by atoms with Gasteiger partial charge in [0.2, 0.25) is 0 Å². The lowest BCUT2D eigenvalue weighted by Gasteiger charge is -2.60. The van der Waals surface area contributed by atoms with Crippen molar-refractivity contribution >= 4 is 5.78 Å². The smallest absolute Gasteiger partial charge is 0.138 e. The molecule has 4 atom stereocenters. The van der Waals surface area contributed by atoms with Crippen LogP contribution in [0.1, 0.15) is 70.1 Å². The van der Waals surface area contributed by atoms with Gasteiger partial charge in [0.15, 0.2) is 0 Å². The second kappa shape index (κ2) is 4.65. The second-order valence-corrected chi connectivity index (χ2v) is 9.73. The van der Waals surface area contributed by atoms with E-state index in [4.69, 9.17) is 0 Å². The van der Waals surface area contributed by atoms with Gasteiger partial charge in [-0.15, -0.1) is 0 Å². The molecule has 2 heteroatoms. The van der Waals surface area contributed by atoms with Crippen LogP contribution in [0.2, 0.25) is 0 Å². The number of ketones is 1. The van der Waals surface area contributed by atoms with Crippen LogP contribution in [-0.4, -0.2) is 10.9 Å². The van der Waals surface area contributed by atoms with Crippen LogP contribution in [0.3, 0.4) is 0 Å². The fourth-order valence-corrected chi connectivity index (χ4v) is 6.99. The highest BCUT2D eigenvalue weighted by Gasteiger charge is 2.63. The van der Waals surface area contributed by atoms with E-state index in [0.29, 0.717) is 29.8 Å². The fraction of sp³-hybridized carbons (Fsp3) is 0.682. The molecule has 1 N–H and O–H groups in total. The largest absolute Gasteiger partial charge is 0.508 e. The standard InChI is InChI=1S/C22H30O2/c1-13-10-14-12-17-21(4)9-7-18(24)20(2,3)16(21)6-8-22(17,5)19(14)15(23)11-13/h10-11,16-17,23H,6-9,12H2,1-5H3/t16-,17+,21-,22+/m0/s1. The highest BCUT2D eigenvalue weighted by atomic mass is 16.3. The number of phenolic OH excluding ortho intramolecular Hbond substituents is 1. The molecule has 2 saturated carbocycles. The zero-order valence-electron chi connectivity index (χ0n) is 15.7. The Bertz CT molecular complexity index is 732. The lowest BCUT2D eigenvalue weighted by atomic mass is 9.43. The van der Waals surface area contributed by atoms with Gasteiger partial charge in [0, 0.05) is 22.8 Å². The molecule has 0 heterocycles. The molecule has 0 saturated heterocycles. The molecule has 4 rings (SSSR count). The Morgan fingerprint density at radius 1 is 1.08 bits per heavy atom. The zero-order chi connectivity index (χ0) is 17.5. The van der Waals surface area contributed by atoms with E-state index in [1.165, 1.54) is 11.1 Å². The first-order valence-corrected chi connectivity index (χ1v) is 9.47. The SMILES string of the molecule is Cc1cc(O)c2c(c1)C[C@@H]1[C@@]3(C)CCC(=O)C(C)(C)[C@@H]3CC[C@@]21C. The quantitative estimate of drug-likeness (QED) is 0.733. The number of aryl methyl sites for hydroxylation is 1. The molecule has 2 fully saturated rings. The van der Waals surface area contributed by atoms with E-state index in [9.17, 15) is 9.90 Å². The van der Waals surface area contributed by atoms with Crippen LogP contribution in [0.25, 0.3) is 0 Å². The normalized spacial score (nSPS) is 40.0. The second-order valence-electron chi connectivity index (χ2n) is 9.73. The summed E-state index contributed by atoms with van der Waals surface area (Å²) in [6.07, 6.45) is 4.95. The minimum Gasteiger partial charge on any atom is -0.508 e. The van der Waals surface area contributed by atoms with Gasteiger partial charge in [0.25, 0.3) is 0 Å². The molecule has 1 aromatic carbocycles. The highest BCUT2D eigenvalue weighted by molar-refractivity contribution is 5.85. The van der Waals surface area contributed by atoms with Crippen molar-refractivity contribution in [1.82, 2.24) is 0 Å². The van der Waals surface area contributed by atoms with Crippen molar-refractivity contribution in [3.05, 3.63) is 28.8 Å². The number of fused-ring (bicyclic) bond motifs is 5. The third-order valence-electron chi connectivity index (χ3n) is 8.13. The van der Waals surface area contributed by atoms with Crippen LogP contribution in [0, 0.1) is 29.6 Å². The Hall–Kier alpha value is -1.31. The molecule has 3 aliphatic rings. The van der Waals surface area contributed by atoms with Crippen LogP contribution in [-0.2, 0) is 16.6 Å². The van der Waals surface area contributed by atoms with Crippen LogP contribution in [0.5, 0.6) is 5.75 Å². The van der Waals surface area contributed by atoms with Crippen LogP contribution in [0.15, 0.2) is 12.1 Å². The summed E-state index contributed by atoms with van der Waals surface area (Å²) in [5.74, 6) is 1.92. The topological polar surface area (TPSA) is 37.3 Å². The Labute approximate surface area is 145 Å². The molecule has 1 aromatic rings. The van der Waals surface area contributed by atoms with Gasteiger partial charge in [0.1, 0.15) is 11.5 Å². The average molecular weight is 326 g/mol. The molecule has 24 heavy (non-hydrogen) atoms. The lowest BCUT2D eigenvalue weighted by molar-refractivity contribution is -0.151. The van der Waals surface area contributed by atoms with Gasteiger partial charge in [-0.05, 0) is 67.1 Å². The maximum atomic E-state index is 12.6. The van der Waals surface area contributed by atoms with Crippen molar-refractivity contribution in [2.75, 3.05) is 0 Å². The zero-order valence-corrected chi connectivity index (χ0v) is 15.7. The number of benzene rings is 1. The molecule has 0 bridgehead atoms. The fourth-order valence-electron chi connectivity index (χ4n) is 6.99. The van der Waals surface area contributed by atoms with E-state index < -0.39 is 0 Å². The minimum absolute atomic E-state index is 0.0504. The first kappa shape index (κ1) is 16.2. The van der Waals surface area contributed by atoms with Crippen molar-refractivity contribution in [1.29, 1.82) is 0 Å². The molecular formula is C22H30O2. The number of phenols is 1. The van der Waals surface area contributed by atoms with E-state index in [2.05, 4.69) is 40.7 Å². The molecular weight excluding hydrogens is 296 g/mol. The first-order chi connectivity index (χ1) is 11.1. The third kappa shape index (κ3) is 1.80. The summed E-state index contributed by atoms with van der Waals surface area (Å²) in [5, 5.41) is 10.7. The summed E-state index contributed by atoms with van der Waals surface area (Å²) in [7, 11) is 0. The number of aromatic hydroxyl groups is 1. The van der Waals surface area contributed by atoms with Crippen LogP contribution in [0.4, 0.5) is 0 Å². The predicted molar refractivity (Wildman–Crippen MR) is 96.2 cm³/mol. The molecule has 130 valence electrons. The molecule has 0 spiro atoms. The molecule has 2 nitrogen and oxygen atoms in total. The molecule has 0 aromatic heterocycles. The monoisotopic (exact) mass is 326 g/mol. The van der Waals surface area contributed by atoms with Gasteiger partial charge < -0.3 is 5.11 Å². The summed E-state index contributed by atoms with van der Waals surface area (Å²) in [6.45, 7) is 11.2. The number of hydrogen-bond donors (Lipinski definition) is 1. The van der Waals surface area contributed by atoms with Crippen LogP contribution >= 0.6 is 0 Å². The van der Waals surface area contributed by atoms with Gasteiger partial charge in [0.05, 0.1) is 0 Å². The number of hydrogen-bond acceptors (Lipinski definition) is 2. The van der Waals surface area contributed by atoms with Gasteiger partial charge in [-0.25, -0.2) is 0 Å². The van der Waals surface area contributed by atoms with E-state index in [1.807, 2.05) is 6.07 Å². The number of carbonyl (C=O) groups excluding carboxylic acids is 1. The van der Waals surface area contributed by atoms with Crippen molar-refractivity contribution < 1.29 is 9.90 Å². The van der Waals surface area contributed by atoms with Crippen molar-refractivity contribution in [3.8, 4) is 5.75 Å². The van der Waals surface area contributed by atoms with Crippen molar-refractivity contribution in [3.63, 3.8) is 0 Å². The maximum Gasteiger partial charge on any atom is 0.138 e. The minimum atomic E-state index is -0.207. The maximum absolute atomic E-state index is 12.6. The van der Waals surface area contributed by atoms with Gasteiger partial charge in [-0.1, -0.05) is 33.8 Å². The number of carbonyl (C=O) groups is 1. The van der Waals surface area contributed by atoms with Crippen LogP contribution < -0.4 is 0 Å². The van der Waals surface area contributed by atoms with E-state index in [1.54, 1.807) is 0 Å². The van der Waals surface area contributed by atoms with E-state index in [-0.39, 0.29) is 16.2 Å². The Balaban J connectivity index is 1.84. The molecule has 0 radical (unpaired) electrons. The Morgan fingerprint density at radius 3 is 2.50 bits per heavy atom. The highest BCUT2D eigenvalue weighted by Crippen LogP contribution is 2.67.